The second-order valence-corrected chi connectivity index (χ2v) is 8.13. The normalized spacial score (nSPS) is 11.2. The third kappa shape index (κ3) is 3.97. The first-order valence-corrected chi connectivity index (χ1v) is 11.0. The van der Waals surface area contributed by atoms with Gasteiger partial charge in [0.25, 0.3) is 5.91 Å². The lowest BCUT2D eigenvalue weighted by atomic mass is 10.0. The maximum Gasteiger partial charge on any atom is 0.252 e. The number of hydrogen-bond acceptors (Lipinski definition) is 2. The highest BCUT2D eigenvalue weighted by molar-refractivity contribution is 6.33. The van der Waals surface area contributed by atoms with Crippen LogP contribution in [0.5, 0.6) is 0 Å². The Kier molecular flexibility index (Phi) is 5.61. The van der Waals surface area contributed by atoms with Crippen LogP contribution in [0, 0.1) is 0 Å². The summed E-state index contributed by atoms with van der Waals surface area (Å²) in [5, 5.41) is 5.90. The van der Waals surface area contributed by atoms with Crippen molar-refractivity contribution in [1.29, 1.82) is 0 Å². The Bertz CT molecular complexity index is 1420. The lowest BCUT2D eigenvalue weighted by Gasteiger charge is -2.12. The third-order valence-electron chi connectivity index (χ3n) is 5.69. The number of imidazole rings is 1. The Hall–Kier alpha value is -3.63. The number of carbonyl (C=O) groups excluding carboxylic acids is 1. The maximum atomic E-state index is 12.5. The SMILES string of the molecule is O=C(NCCc1nc2ccccc2n1Cc1cccc2ccccc12)c1ccccc1Cl. The molecular weight excluding hydrogens is 418 g/mol. The minimum absolute atomic E-state index is 0.174. The molecule has 0 bridgehead atoms. The zero-order valence-electron chi connectivity index (χ0n) is 17.5. The summed E-state index contributed by atoms with van der Waals surface area (Å²) in [5.41, 5.74) is 3.78. The number of nitrogens with one attached hydrogen (secondary N) is 1. The van der Waals surface area contributed by atoms with Gasteiger partial charge in [0.2, 0.25) is 0 Å². The van der Waals surface area contributed by atoms with Crippen LogP contribution in [0.3, 0.4) is 0 Å². The van der Waals surface area contributed by atoms with Gasteiger partial charge in [-0.05, 0) is 40.6 Å². The van der Waals surface area contributed by atoms with Crippen LogP contribution in [0.15, 0.2) is 91.0 Å². The number of halogens is 1. The fraction of sp³-hybridized carbons (Fsp3) is 0.111. The zero-order valence-corrected chi connectivity index (χ0v) is 18.2. The summed E-state index contributed by atoms with van der Waals surface area (Å²) >= 11 is 6.15. The van der Waals surface area contributed by atoms with E-state index in [0.29, 0.717) is 23.6 Å². The van der Waals surface area contributed by atoms with Gasteiger partial charge in [0.15, 0.2) is 0 Å². The molecule has 1 aromatic heterocycles. The van der Waals surface area contributed by atoms with Gasteiger partial charge in [-0.1, -0.05) is 78.3 Å². The molecule has 4 nitrogen and oxygen atoms in total. The Balaban J connectivity index is 1.42. The van der Waals surface area contributed by atoms with Gasteiger partial charge in [0, 0.05) is 19.5 Å². The molecule has 0 fully saturated rings. The van der Waals surface area contributed by atoms with Crippen molar-refractivity contribution >= 4 is 39.3 Å². The van der Waals surface area contributed by atoms with E-state index >= 15 is 0 Å². The highest BCUT2D eigenvalue weighted by atomic mass is 35.5. The van der Waals surface area contributed by atoms with Gasteiger partial charge in [0.1, 0.15) is 5.82 Å². The van der Waals surface area contributed by atoms with Crippen LogP contribution in [0.1, 0.15) is 21.7 Å². The summed E-state index contributed by atoms with van der Waals surface area (Å²) in [6.45, 7) is 1.19. The predicted molar refractivity (Wildman–Crippen MR) is 130 cm³/mol. The molecular formula is C27H22ClN3O. The van der Waals surface area contributed by atoms with Gasteiger partial charge in [-0.2, -0.15) is 0 Å². The number of amides is 1. The van der Waals surface area contributed by atoms with E-state index in [1.165, 1.54) is 16.3 Å². The van der Waals surface area contributed by atoms with Crippen LogP contribution >= 0.6 is 11.6 Å². The summed E-state index contributed by atoms with van der Waals surface area (Å²) in [6, 6.07) is 30.1. The van der Waals surface area contributed by atoms with Crippen molar-refractivity contribution in [2.24, 2.45) is 0 Å². The molecule has 0 aliphatic carbocycles. The van der Waals surface area contributed by atoms with E-state index in [9.17, 15) is 4.79 Å². The molecule has 0 atom stereocenters. The van der Waals surface area contributed by atoms with Crippen LogP contribution in [-0.2, 0) is 13.0 Å². The second-order valence-electron chi connectivity index (χ2n) is 7.73. The molecule has 1 amide bonds. The molecule has 0 unspecified atom stereocenters. The average Bonchev–Trinajstić information content (AvgIpc) is 3.17. The van der Waals surface area contributed by atoms with Crippen molar-refractivity contribution in [1.82, 2.24) is 14.9 Å². The molecule has 5 heteroatoms. The van der Waals surface area contributed by atoms with E-state index in [4.69, 9.17) is 16.6 Å². The lowest BCUT2D eigenvalue weighted by Crippen LogP contribution is -2.26. The molecule has 0 saturated heterocycles. The van der Waals surface area contributed by atoms with Crippen molar-refractivity contribution in [3.8, 4) is 0 Å². The summed E-state index contributed by atoms with van der Waals surface area (Å²) < 4.78 is 2.25. The van der Waals surface area contributed by atoms with Gasteiger partial charge in [-0.15, -0.1) is 0 Å². The first-order chi connectivity index (χ1) is 15.7. The number of aromatic nitrogens is 2. The van der Waals surface area contributed by atoms with Crippen LogP contribution in [-0.4, -0.2) is 22.0 Å². The molecule has 0 radical (unpaired) electrons. The van der Waals surface area contributed by atoms with Crippen molar-refractivity contribution in [3.63, 3.8) is 0 Å². The van der Waals surface area contributed by atoms with E-state index in [1.54, 1.807) is 12.1 Å². The second kappa shape index (κ2) is 8.85. The molecule has 5 rings (SSSR count). The molecule has 0 saturated carbocycles. The van der Waals surface area contributed by atoms with Crippen molar-refractivity contribution in [3.05, 3.63) is 113 Å². The van der Waals surface area contributed by atoms with E-state index in [1.807, 2.05) is 30.3 Å². The Morgan fingerprint density at radius 2 is 1.62 bits per heavy atom. The fourth-order valence-electron chi connectivity index (χ4n) is 4.12. The molecule has 32 heavy (non-hydrogen) atoms. The van der Waals surface area contributed by atoms with E-state index in [2.05, 4.69) is 58.4 Å². The van der Waals surface area contributed by atoms with Gasteiger partial charge < -0.3 is 9.88 Å². The van der Waals surface area contributed by atoms with Crippen LogP contribution in [0.25, 0.3) is 21.8 Å². The maximum absolute atomic E-state index is 12.5. The Morgan fingerprint density at radius 1 is 0.875 bits per heavy atom. The fourth-order valence-corrected chi connectivity index (χ4v) is 4.34. The number of para-hydroxylation sites is 2. The van der Waals surface area contributed by atoms with Crippen LogP contribution in [0.4, 0.5) is 0 Å². The molecule has 1 N–H and O–H groups in total. The Labute approximate surface area is 191 Å². The van der Waals surface area contributed by atoms with Gasteiger partial charge >= 0.3 is 0 Å². The van der Waals surface area contributed by atoms with E-state index < -0.39 is 0 Å². The van der Waals surface area contributed by atoms with Crippen LogP contribution in [0.2, 0.25) is 5.02 Å². The van der Waals surface area contributed by atoms with Crippen molar-refractivity contribution < 1.29 is 4.79 Å². The Morgan fingerprint density at radius 3 is 2.53 bits per heavy atom. The first kappa shape index (κ1) is 20.3. The number of carbonyl (C=O) groups is 1. The number of benzene rings is 4. The first-order valence-electron chi connectivity index (χ1n) is 10.6. The number of hydrogen-bond donors (Lipinski definition) is 1. The molecule has 0 spiro atoms. The van der Waals surface area contributed by atoms with Gasteiger partial charge in [-0.3, -0.25) is 4.79 Å². The quantitative estimate of drug-likeness (QED) is 0.360. The smallest absolute Gasteiger partial charge is 0.252 e. The van der Waals surface area contributed by atoms with Crippen molar-refractivity contribution in [2.45, 2.75) is 13.0 Å². The van der Waals surface area contributed by atoms with Gasteiger partial charge in [-0.25, -0.2) is 4.98 Å². The summed E-state index contributed by atoms with van der Waals surface area (Å²) in [6.07, 6.45) is 0.621. The highest BCUT2D eigenvalue weighted by Gasteiger charge is 2.14. The largest absolute Gasteiger partial charge is 0.352 e. The summed E-state index contributed by atoms with van der Waals surface area (Å²) in [7, 11) is 0. The monoisotopic (exact) mass is 439 g/mol. The molecule has 5 aromatic rings. The molecule has 1 heterocycles. The minimum atomic E-state index is -0.174. The third-order valence-corrected chi connectivity index (χ3v) is 6.02. The number of nitrogens with zero attached hydrogens (tertiary/aromatic N) is 2. The summed E-state index contributed by atoms with van der Waals surface area (Å²) in [4.78, 5) is 17.4. The van der Waals surface area contributed by atoms with Crippen LogP contribution < -0.4 is 5.32 Å². The number of fused-ring (bicyclic) bond motifs is 2. The van der Waals surface area contributed by atoms with E-state index in [-0.39, 0.29) is 5.91 Å². The standard InChI is InChI=1S/C27H22ClN3O/c28-23-13-4-3-12-22(23)27(32)29-17-16-26-30-24-14-5-6-15-25(24)31(26)18-20-10-7-9-19-8-1-2-11-21(19)20/h1-15H,16-18H2,(H,29,32). The zero-order chi connectivity index (χ0) is 21.9. The average molecular weight is 440 g/mol. The molecule has 158 valence electrons. The number of rotatable bonds is 6. The van der Waals surface area contributed by atoms with E-state index in [0.717, 1.165) is 23.4 Å². The molecule has 0 aliphatic rings. The highest BCUT2D eigenvalue weighted by Crippen LogP contribution is 2.23. The van der Waals surface area contributed by atoms with Crippen molar-refractivity contribution in [2.75, 3.05) is 6.54 Å². The van der Waals surface area contributed by atoms with Gasteiger partial charge in [0.05, 0.1) is 21.6 Å². The molecule has 0 aliphatic heterocycles. The molecule has 4 aromatic carbocycles. The summed E-state index contributed by atoms with van der Waals surface area (Å²) in [5.74, 6) is 0.769. The topological polar surface area (TPSA) is 46.9 Å². The minimum Gasteiger partial charge on any atom is -0.352 e. The predicted octanol–water partition coefficient (Wildman–Crippen LogP) is 5.86. The lowest BCUT2D eigenvalue weighted by molar-refractivity contribution is 0.0954.